The number of nitrogens with zero attached hydrogens (tertiary/aromatic N) is 3. The van der Waals surface area contributed by atoms with Gasteiger partial charge in [-0.05, 0) is 39.4 Å². The topological polar surface area (TPSA) is 33.1 Å². The summed E-state index contributed by atoms with van der Waals surface area (Å²) < 4.78 is 1.87. The van der Waals surface area contributed by atoms with E-state index < -0.39 is 0 Å². The van der Waals surface area contributed by atoms with Crippen LogP contribution in [-0.2, 0) is 13.6 Å². The maximum absolute atomic E-state index is 4.20. The average Bonchev–Trinajstić information content (AvgIpc) is 2.81. The second-order valence-corrected chi connectivity index (χ2v) is 5.90. The van der Waals surface area contributed by atoms with Crippen LogP contribution in [0.5, 0.6) is 0 Å². The highest BCUT2D eigenvalue weighted by atomic mass is 15.2. The highest BCUT2D eigenvalue weighted by Gasteiger charge is 2.11. The first-order valence-electron chi connectivity index (χ1n) is 7.63. The van der Waals surface area contributed by atoms with Crippen molar-refractivity contribution in [3.63, 3.8) is 0 Å². The summed E-state index contributed by atoms with van der Waals surface area (Å²) >= 11 is 0. The van der Waals surface area contributed by atoms with Gasteiger partial charge in [-0.2, -0.15) is 5.10 Å². The Balaban J connectivity index is 1.54. The quantitative estimate of drug-likeness (QED) is 0.766. The van der Waals surface area contributed by atoms with Gasteiger partial charge in [-0.1, -0.05) is 19.3 Å². The Hall–Kier alpha value is -0.870. The molecule has 0 atom stereocenters. The fourth-order valence-electron chi connectivity index (χ4n) is 2.91. The van der Waals surface area contributed by atoms with Gasteiger partial charge < -0.3 is 10.2 Å². The Kier molecular flexibility index (Phi) is 5.86. The lowest BCUT2D eigenvalue weighted by atomic mass is 9.95. The molecule has 0 radical (unpaired) electrons. The zero-order valence-electron chi connectivity index (χ0n) is 12.4. The monoisotopic (exact) mass is 264 g/mol. The Bertz CT molecular complexity index is 355. The molecule has 2 rings (SSSR count). The van der Waals surface area contributed by atoms with Gasteiger partial charge in [0.05, 0.1) is 6.20 Å². The van der Waals surface area contributed by atoms with Gasteiger partial charge in [-0.15, -0.1) is 0 Å². The summed E-state index contributed by atoms with van der Waals surface area (Å²) in [7, 11) is 4.16. The highest BCUT2D eigenvalue weighted by Crippen LogP contribution is 2.17. The third-order valence-electron chi connectivity index (χ3n) is 3.97. The van der Waals surface area contributed by atoms with E-state index in [9.17, 15) is 0 Å². The summed E-state index contributed by atoms with van der Waals surface area (Å²) in [5.41, 5.74) is 1.30. The summed E-state index contributed by atoms with van der Waals surface area (Å²) in [5, 5.41) is 7.91. The molecule has 0 amide bonds. The maximum Gasteiger partial charge on any atom is 0.0534 e. The Morgan fingerprint density at radius 3 is 2.84 bits per heavy atom. The van der Waals surface area contributed by atoms with Crippen molar-refractivity contribution in [2.75, 3.05) is 20.1 Å². The SMILES string of the molecule is CN(CCCNC1CCCCC1)Cc1cnn(C)c1. The average molecular weight is 264 g/mol. The van der Waals surface area contributed by atoms with Gasteiger partial charge in [0, 0.05) is 31.4 Å². The van der Waals surface area contributed by atoms with E-state index in [-0.39, 0.29) is 0 Å². The molecule has 4 heteroatoms. The van der Waals surface area contributed by atoms with Crippen molar-refractivity contribution in [3.8, 4) is 0 Å². The fraction of sp³-hybridized carbons (Fsp3) is 0.800. The number of hydrogen-bond acceptors (Lipinski definition) is 3. The molecule has 1 saturated carbocycles. The van der Waals surface area contributed by atoms with Gasteiger partial charge in [0.2, 0.25) is 0 Å². The van der Waals surface area contributed by atoms with Crippen LogP contribution in [0.15, 0.2) is 12.4 Å². The van der Waals surface area contributed by atoms with Crippen molar-refractivity contribution >= 4 is 0 Å². The lowest BCUT2D eigenvalue weighted by Crippen LogP contribution is -2.33. The highest BCUT2D eigenvalue weighted by molar-refractivity contribution is 5.02. The van der Waals surface area contributed by atoms with E-state index in [4.69, 9.17) is 0 Å². The largest absolute Gasteiger partial charge is 0.314 e. The number of aryl methyl sites for hydroxylation is 1. The molecule has 108 valence electrons. The lowest BCUT2D eigenvalue weighted by molar-refractivity contribution is 0.308. The van der Waals surface area contributed by atoms with Gasteiger partial charge in [0.1, 0.15) is 0 Å². The molecule has 0 spiro atoms. The van der Waals surface area contributed by atoms with Crippen molar-refractivity contribution < 1.29 is 0 Å². The number of nitrogens with one attached hydrogen (secondary N) is 1. The normalized spacial score (nSPS) is 17.2. The molecule has 1 aromatic rings. The van der Waals surface area contributed by atoms with Crippen LogP contribution in [0.1, 0.15) is 44.1 Å². The first-order chi connectivity index (χ1) is 9.24. The summed E-state index contributed by atoms with van der Waals surface area (Å²) in [6.07, 6.45) is 12.3. The number of hydrogen-bond donors (Lipinski definition) is 1. The molecule has 1 N–H and O–H groups in total. The van der Waals surface area contributed by atoms with Gasteiger partial charge >= 0.3 is 0 Å². The second kappa shape index (κ2) is 7.65. The Labute approximate surface area is 117 Å². The van der Waals surface area contributed by atoms with E-state index in [1.54, 1.807) is 0 Å². The standard InChI is InChI=1S/C15H28N4/c1-18(12-14-11-17-19(2)13-14)10-6-9-16-15-7-4-3-5-8-15/h11,13,15-16H,3-10,12H2,1-2H3. The minimum Gasteiger partial charge on any atom is -0.314 e. The molecule has 4 nitrogen and oxygen atoms in total. The van der Waals surface area contributed by atoms with Crippen LogP contribution < -0.4 is 5.32 Å². The van der Waals surface area contributed by atoms with E-state index in [0.29, 0.717) is 0 Å². The molecule has 0 saturated heterocycles. The van der Waals surface area contributed by atoms with Crippen LogP contribution in [0, 0.1) is 0 Å². The predicted molar refractivity (Wildman–Crippen MR) is 79.0 cm³/mol. The molecule has 0 bridgehead atoms. The molecule has 19 heavy (non-hydrogen) atoms. The Morgan fingerprint density at radius 2 is 2.16 bits per heavy atom. The summed E-state index contributed by atoms with van der Waals surface area (Å²) in [6, 6.07) is 0.789. The molecule has 0 aromatic carbocycles. The van der Waals surface area contributed by atoms with Crippen LogP contribution >= 0.6 is 0 Å². The molecule has 1 aliphatic rings. The van der Waals surface area contributed by atoms with E-state index in [0.717, 1.165) is 25.7 Å². The van der Waals surface area contributed by atoms with Crippen LogP contribution in [0.3, 0.4) is 0 Å². The second-order valence-electron chi connectivity index (χ2n) is 5.90. The molecule has 1 aromatic heterocycles. The van der Waals surface area contributed by atoms with Crippen molar-refractivity contribution in [2.24, 2.45) is 7.05 Å². The van der Waals surface area contributed by atoms with Crippen LogP contribution in [-0.4, -0.2) is 40.9 Å². The summed E-state index contributed by atoms with van der Waals surface area (Å²) in [5.74, 6) is 0. The predicted octanol–water partition coefficient (Wildman–Crippen LogP) is 2.16. The molecular weight excluding hydrogens is 236 g/mol. The lowest BCUT2D eigenvalue weighted by Gasteiger charge is -2.23. The maximum atomic E-state index is 4.20. The van der Waals surface area contributed by atoms with Gasteiger partial charge in [-0.3, -0.25) is 4.68 Å². The Morgan fingerprint density at radius 1 is 1.37 bits per heavy atom. The van der Waals surface area contributed by atoms with Gasteiger partial charge in [-0.25, -0.2) is 0 Å². The van der Waals surface area contributed by atoms with E-state index in [1.807, 2.05) is 17.9 Å². The van der Waals surface area contributed by atoms with Crippen LogP contribution in [0.2, 0.25) is 0 Å². The fourth-order valence-corrected chi connectivity index (χ4v) is 2.91. The van der Waals surface area contributed by atoms with Gasteiger partial charge in [0.25, 0.3) is 0 Å². The van der Waals surface area contributed by atoms with Crippen molar-refractivity contribution in [2.45, 2.75) is 51.1 Å². The van der Waals surface area contributed by atoms with Crippen molar-refractivity contribution in [1.82, 2.24) is 20.0 Å². The zero-order chi connectivity index (χ0) is 13.5. The molecule has 0 aliphatic heterocycles. The zero-order valence-corrected chi connectivity index (χ0v) is 12.4. The van der Waals surface area contributed by atoms with E-state index >= 15 is 0 Å². The summed E-state index contributed by atoms with van der Waals surface area (Å²) in [4.78, 5) is 2.37. The van der Waals surface area contributed by atoms with Crippen LogP contribution in [0.25, 0.3) is 0 Å². The minimum absolute atomic E-state index is 0.789. The summed E-state index contributed by atoms with van der Waals surface area (Å²) in [6.45, 7) is 3.30. The molecular formula is C15H28N4. The van der Waals surface area contributed by atoms with Gasteiger partial charge in [0.15, 0.2) is 0 Å². The number of rotatable bonds is 7. The third kappa shape index (κ3) is 5.33. The smallest absolute Gasteiger partial charge is 0.0534 e. The first kappa shape index (κ1) is 14.5. The van der Waals surface area contributed by atoms with E-state index in [1.165, 1.54) is 44.1 Å². The third-order valence-corrected chi connectivity index (χ3v) is 3.97. The first-order valence-corrected chi connectivity index (χ1v) is 7.63. The minimum atomic E-state index is 0.789. The van der Waals surface area contributed by atoms with Crippen LogP contribution in [0.4, 0.5) is 0 Å². The number of aromatic nitrogens is 2. The van der Waals surface area contributed by atoms with Crippen molar-refractivity contribution in [3.05, 3.63) is 18.0 Å². The van der Waals surface area contributed by atoms with E-state index in [2.05, 4.69) is 28.6 Å². The van der Waals surface area contributed by atoms with Crippen molar-refractivity contribution in [1.29, 1.82) is 0 Å². The molecule has 1 aliphatic carbocycles. The molecule has 1 fully saturated rings. The molecule has 1 heterocycles. The molecule has 0 unspecified atom stereocenters.